The highest BCUT2D eigenvalue weighted by Gasteiger charge is 2.31. The molecule has 1 N–H and O–H groups in total. The molecule has 1 aromatic heterocycles. The number of hydrogen-bond donors (Lipinski definition) is 1. The molecule has 0 spiro atoms. The van der Waals surface area contributed by atoms with Gasteiger partial charge in [-0.3, -0.25) is 4.98 Å². The Balaban J connectivity index is 2.36. The largest absolute Gasteiger partial charge is 0.385 e. The van der Waals surface area contributed by atoms with Crippen molar-refractivity contribution in [2.24, 2.45) is 0 Å². The standard InChI is InChI=1S/C15H16BrNO/c1-11(12-5-4-8-17-10-12)15(2,18)13-6-3-7-14(16)9-13/h3-11,18H,1-2H3. The Labute approximate surface area is 116 Å². The van der Waals surface area contributed by atoms with E-state index in [0.717, 1.165) is 15.6 Å². The van der Waals surface area contributed by atoms with E-state index < -0.39 is 5.60 Å². The number of hydrogen-bond acceptors (Lipinski definition) is 2. The van der Waals surface area contributed by atoms with E-state index in [1.54, 1.807) is 12.4 Å². The number of pyridine rings is 1. The Kier molecular flexibility index (Phi) is 3.83. The van der Waals surface area contributed by atoms with Crippen LogP contribution in [0.25, 0.3) is 0 Å². The minimum absolute atomic E-state index is 0.0273. The van der Waals surface area contributed by atoms with Crippen molar-refractivity contribution in [1.29, 1.82) is 0 Å². The van der Waals surface area contributed by atoms with Gasteiger partial charge in [0.1, 0.15) is 0 Å². The topological polar surface area (TPSA) is 33.1 Å². The van der Waals surface area contributed by atoms with Crippen LogP contribution in [0.2, 0.25) is 0 Å². The summed E-state index contributed by atoms with van der Waals surface area (Å²) in [5.74, 6) is -0.0273. The van der Waals surface area contributed by atoms with Crippen molar-refractivity contribution in [2.45, 2.75) is 25.4 Å². The molecule has 0 bridgehead atoms. The van der Waals surface area contributed by atoms with Gasteiger partial charge in [-0.25, -0.2) is 0 Å². The van der Waals surface area contributed by atoms with Crippen LogP contribution in [-0.2, 0) is 5.60 Å². The molecule has 0 aliphatic carbocycles. The van der Waals surface area contributed by atoms with Crippen molar-refractivity contribution in [3.63, 3.8) is 0 Å². The van der Waals surface area contributed by atoms with Crippen molar-refractivity contribution in [3.8, 4) is 0 Å². The summed E-state index contributed by atoms with van der Waals surface area (Å²) in [6.07, 6.45) is 3.54. The first-order valence-corrected chi connectivity index (χ1v) is 6.69. The smallest absolute Gasteiger partial charge is 0.0935 e. The van der Waals surface area contributed by atoms with Gasteiger partial charge in [0.05, 0.1) is 5.60 Å². The molecule has 1 aromatic carbocycles. The average molecular weight is 306 g/mol. The molecule has 0 saturated carbocycles. The number of benzene rings is 1. The molecule has 2 unspecified atom stereocenters. The van der Waals surface area contributed by atoms with Crippen molar-refractivity contribution in [1.82, 2.24) is 4.98 Å². The fourth-order valence-electron chi connectivity index (χ4n) is 2.01. The minimum Gasteiger partial charge on any atom is -0.385 e. The van der Waals surface area contributed by atoms with Gasteiger partial charge >= 0.3 is 0 Å². The Morgan fingerprint density at radius 2 is 2.06 bits per heavy atom. The van der Waals surface area contributed by atoms with Crippen LogP contribution in [0.3, 0.4) is 0 Å². The third-order valence-corrected chi connectivity index (χ3v) is 3.93. The SMILES string of the molecule is CC(c1cccnc1)C(C)(O)c1cccc(Br)c1. The molecule has 0 radical (unpaired) electrons. The molecular formula is C15H16BrNO. The average Bonchev–Trinajstić information content (AvgIpc) is 2.39. The monoisotopic (exact) mass is 305 g/mol. The molecule has 94 valence electrons. The van der Waals surface area contributed by atoms with Gasteiger partial charge in [-0.1, -0.05) is 41.1 Å². The summed E-state index contributed by atoms with van der Waals surface area (Å²) in [4.78, 5) is 4.11. The predicted octanol–water partition coefficient (Wildman–Crippen LogP) is 3.86. The molecule has 0 amide bonds. The van der Waals surface area contributed by atoms with E-state index >= 15 is 0 Å². The van der Waals surface area contributed by atoms with Crippen LogP contribution < -0.4 is 0 Å². The lowest BCUT2D eigenvalue weighted by Crippen LogP contribution is -2.28. The van der Waals surface area contributed by atoms with Crippen LogP contribution in [0.4, 0.5) is 0 Å². The number of rotatable bonds is 3. The van der Waals surface area contributed by atoms with E-state index in [1.165, 1.54) is 0 Å². The maximum Gasteiger partial charge on any atom is 0.0935 e. The second kappa shape index (κ2) is 5.21. The van der Waals surface area contributed by atoms with E-state index in [1.807, 2.05) is 50.2 Å². The number of aromatic nitrogens is 1. The Morgan fingerprint density at radius 1 is 1.28 bits per heavy atom. The molecule has 2 rings (SSSR count). The second-order valence-corrected chi connectivity index (χ2v) is 5.58. The van der Waals surface area contributed by atoms with E-state index in [4.69, 9.17) is 0 Å². The van der Waals surface area contributed by atoms with Crippen molar-refractivity contribution in [2.75, 3.05) is 0 Å². The Bertz CT molecular complexity index is 525. The molecule has 0 fully saturated rings. The molecular weight excluding hydrogens is 290 g/mol. The van der Waals surface area contributed by atoms with E-state index in [-0.39, 0.29) is 5.92 Å². The Hall–Kier alpha value is -1.19. The lowest BCUT2D eigenvalue weighted by Gasteiger charge is -2.31. The second-order valence-electron chi connectivity index (χ2n) is 4.67. The summed E-state index contributed by atoms with van der Waals surface area (Å²) in [6, 6.07) is 11.7. The maximum absolute atomic E-state index is 10.8. The maximum atomic E-state index is 10.8. The molecule has 1 heterocycles. The van der Waals surface area contributed by atoms with Crippen LogP contribution in [0.5, 0.6) is 0 Å². The van der Waals surface area contributed by atoms with Gasteiger partial charge in [-0.2, -0.15) is 0 Å². The molecule has 18 heavy (non-hydrogen) atoms. The summed E-state index contributed by atoms with van der Waals surface area (Å²) in [6.45, 7) is 3.85. The quantitative estimate of drug-likeness (QED) is 0.934. The van der Waals surface area contributed by atoms with Gasteiger partial charge in [0.15, 0.2) is 0 Å². The zero-order valence-corrected chi connectivity index (χ0v) is 12.1. The van der Waals surface area contributed by atoms with Crippen LogP contribution in [0.15, 0.2) is 53.3 Å². The summed E-state index contributed by atoms with van der Waals surface area (Å²) in [5, 5.41) is 10.8. The first-order chi connectivity index (χ1) is 8.51. The first kappa shape index (κ1) is 13.2. The van der Waals surface area contributed by atoms with Crippen LogP contribution >= 0.6 is 15.9 Å². The molecule has 0 aliphatic heterocycles. The fraction of sp³-hybridized carbons (Fsp3) is 0.267. The summed E-state index contributed by atoms with van der Waals surface area (Å²) in [7, 11) is 0. The van der Waals surface area contributed by atoms with Gasteiger partial charge in [0.25, 0.3) is 0 Å². The third kappa shape index (κ3) is 2.62. The van der Waals surface area contributed by atoms with Crippen LogP contribution in [0, 0.1) is 0 Å². The fourth-order valence-corrected chi connectivity index (χ4v) is 2.41. The molecule has 2 nitrogen and oxygen atoms in total. The molecule has 2 aromatic rings. The normalized spacial score (nSPS) is 16.0. The van der Waals surface area contributed by atoms with Gasteiger partial charge in [-0.05, 0) is 36.2 Å². The number of halogens is 1. The summed E-state index contributed by atoms with van der Waals surface area (Å²) >= 11 is 3.44. The highest BCUT2D eigenvalue weighted by molar-refractivity contribution is 9.10. The van der Waals surface area contributed by atoms with E-state index in [0.29, 0.717) is 0 Å². The highest BCUT2D eigenvalue weighted by atomic mass is 79.9. The lowest BCUT2D eigenvalue weighted by atomic mass is 9.80. The zero-order valence-electron chi connectivity index (χ0n) is 10.5. The van der Waals surface area contributed by atoms with Crippen LogP contribution in [0.1, 0.15) is 30.9 Å². The Morgan fingerprint density at radius 3 is 2.67 bits per heavy atom. The van der Waals surface area contributed by atoms with E-state index in [9.17, 15) is 5.11 Å². The first-order valence-electron chi connectivity index (χ1n) is 5.90. The van der Waals surface area contributed by atoms with Gasteiger partial charge in [0, 0.05) is 22.8 Å². The predicted molar refractivity (Wildman–Crippen MR) is 76.4 cm³/mol. The lowest BCUT2D eigenvalue weighted by molar-refractivity contribution is 0.0322. The van der Waals surface area contributed by atoms with Gasteiger partial charge in [0.2, 0.25) is 0 Å². The highest BCUT2D eigenvalue weighted by Crippen LogP contribution is 2.36. The van der Waals surface area contributed by atoms with Crippen molar-refractivity contribution in [3.05, 3.63) is 64.4 Å². The molecule has 2 atom stereocenters. The molecule has 0 aliphatic rings. The van der Waals surface area contributed by atoms with Crippen LogP contribution in [-0.4, -0.2) is 10.1 Å². The summed E-state index contributed by atoms with van der Waals surface area (Å²) < 4.78 is 0.971. The molecule has 3 heteroatoms. The van der Waals surface area contributed by atoms with Crippen molar-refractivity contribution >= 4 is 15.9 Å². The zero-order chi connectivity index (χ0) is 13.2. The minimum atomic E-state index is -0.924. The number of aliphatic hydroxyl groups is 1. The summed E-state index contributed by atoms with van der Waals surface area (Å²) in [5.41, 5.74) is 1.00. The third-order valence-electron chi connectivity index (χ3n) is 3.44. The van der Waals surface area contributed by atoms with Crippen molar-refractivity contribution < 1.29 is 5.11 Å². The van der Waals surface area contributed by atoms with E-state index in [2.05, 4.69) is 20.9 Å². The molecule has 0 saturated heterocycles. The van der Waals surface area contributed by atoms with Gasteiger partial charge < -0.3 is 5.11 Å². The number of nitrogens with zero attached hydrogens (tertiary/aromatic N) is 1. The van der Waals surface area contributed by atoms with Gasteiger partial charge in [-0.15, -0.1) is 0 Å².